The molecule has 0 unspecified atom stereocenters. The first-order chi connectivity index (χ1) is 10.9. The fourth-order valence-electron chi connectivity index (χ4n) is 1.68. The van der Waals surface area contributed by atoms with Crippen molar-refractivity contribution in [3.05, 3.63) is 45.7 Å². The lowest BCUT2D eigenvalue weighted by Gasteiger charge is -2.09. The number of carboxylic acid groups (broad SMARTS) is 1. The number of aromatic nitrogens is 2. The number of carbonyl (C=O) groups is 2. The molecule has 2 aromatic rings. The number of aromatic amines is 1. The van der Waals surface area contributed by atoms with E-state index < -0.39 is 17.4 Å². The lowest BCUT2D eigenvalue weighted by atomic mass is 10.1. The van der Waals surface area contributed by atoms with Crippen molar-refractivity contribution in [2.75, 3.05) is 16.8 Å². The fraction of sp³-hybridized carbons (Fsp3) is 0.143. The summed E-state index contributed by atoms with van der Waals surface area (Å²) in [5.74, 6) is -2.38. The molecule has 0 saturated carbocycles. The highest BCUT2D eigenvalue weighted by Gasteiger charge is 2.14. The highest BCUT2D eigenvalue weighted by atomic mass is 32.2. The number of nitrogens with one attached hydrogen (secondary N) is 2. The van der Waals surface area contributed by atoms with Crippen LogP contribution in [0, 0.1) is 6.92 Å². The van der Waals surface area contributed by atoms with E-state index in [1.165, 1.54) is 0 Å². The van der Waals surface area contributed by atoms with Gasteiger partial charge in [0, 0.05) is 11.3 Å². The monoisotopic (exact) mass is 333 g/mol. The van der Waals surface area contributed by atoms with Crippen LogP contribution in [0.15, 0.2) is 34.2 Å². The van der Waals surface area contributed by atoms with Crippen molar-refractivity contribution in [1.82, 2.24) is 9.97 Å². The Kier molecular flexibility index (Phi) is 5.02. The van der Waals surface area contributed by atoms with Crippen molar-refractivity contribution in [1.29, 1.82) is 0 Å². The number of nitrogens with two attached hydrogens (primary N) is 1. The van der Waals surface area contributed by atoms with Crippen LogP contribution in [0.1, 0.15) is 15.9 Å². The van der Waals surface area contributed by atoms with E-state index >= 15 is 0 Å². The van der Waals surface area contributed by atoms with Crippen molar-refractivity contribution < 1.29 is 14.7 Å². The zero-order valence-electron chi connectivity index (χ0n) is 12.1. The Morgan fingerprint density at radius 3 is 2.57 bits per heavy atom. The number of nitrogens with zero attached hydrogens (tertiary/aromatic N) is 1. The number of carbonyl (C=O) groups excluding carboxylic acids is 2. The second-order valence-electron chi connectivity index (χ2n) is 4.61. The summed E-state index contributed by atoms with van der Waals surface area (Å²) in [6.07, 6.45) is 0. The smallest absolute Gasteiger partial charge is 0.277 e. The van der Waals surface area contributed by atoms with Crippen LogP contribution in [0.3, 0.4) is 0 Å². The number of thioether (sulfide) groups is 1. The molecule has 0 aliphatic carbocycles. The molecule has 1 heterocycles. The van der Waals surface area contributed by atoms with Gasteiger partial charge in [0.05, 0.1) is 5.97 Å². The van der Waals surface area contributed by atoms with E-state index in [0.29, 0.717) is 5.56 Å². The Morgan fingerprint density at radius 2 is 2.00 bits per heavy atom. The lowest BCUT2D eigenvalue weighted by molar-refractivity contribution is -0.301. The van der Waals surface area contributed by atoms with E-state index in [9.17, 15) is 19.5 Å². The fourth-order valence-corrected chi connectivity index (χ4v) is 2.26. The summed E-state index contributed by atoms with van der Waals surface area (Å²) in [6.45, 7) is 1.89. The molecule has 1 aromatic heterocycles. The summed E-state index contributed by atoms with van der Waals surface area (Å²) in [5, 5.41) is 12.8. The van der Waals surface area contributed by atoms with Crippen LogP contribution in [-0.2, 0) is 4.79 Å². The third kappa shape index (κ3) is 4.33. The Labute approximate surface area is 135 Å². The molecule has 0 aliphatic rings. The summed E-state index contributed by atoms with van der Waals surface area (Å²) in [6, 6.07) is 6.76. The minimum atomic E-state index is -1.30. The molecule has 4 N–H and O–H groups in total. The van der Waals surface area contributed by atoms with Gasteiger partial charge in [-0.2, -0.15) is 0 Å². The van der Waals surface area contributed by atoms with Gasteiger partial charge in [-0.25, -0.2) is 4.98 Å². The highest BCUT2D eigenvalue weighted by molar-refractivity contribution is 7.99. The van der Waals surface area contributed by atoms with Crippen molar-refractivity contribution >= 4 is 35.1 Å². The van der Waals surface area contributed by atoms with Crippen LogP contribution in [0.4, 0.5) is 11.5 Å². The summed E-state index contributed by atoms with van der Waals surface area (Å²) >= 11 is 0.761. The van der Waals surface area contributed by atoms with E-state index in [1.54, 1.807) is 24.3 Å². The number of H-pyrrole nitrogens is 1. The topological polar surface area (TPSA) is 141 Å². The standard InChI is InChI=1S/C14H14N4O4S/c1-7-2-4-8(5-3-7)12(21)16-10-11(15)17-14(18-13(10)22)23-6-9(19)20/h2-5H,6H2,1H3,(H,16,21)(H,19,20)(H3,15,17,18,22)/p-1. The third-order valence-electron chi connectivity index (χ3n) is 2.80. The molecule has 0 aliphatic heterocycles. The molecule has 23 heavy (non-hydrogen) atoms. The SMILES string of the molecule is Cc1ccc(C(=O)Nc2c(N)nc(SCC(=O)[O-])[nH]c2=O)cc1. The molecule has 9 heteroatoms. The maximum Gasteiger partial charge on any atom is 0.277 e. The zero-order chi connectivity index (χ0) is 17.0. The van der Waals surface area contributed by atoms with Gasteiger partial charge in [0.25, 0.3) is 11.5 Å². The van der Waals surface area contributed by atoms with Crippen LogP contribution in [0.5, 0.6) is 0 Å². The Bertz CT molecular complexity index is 801. The molecule has 0 atom stereocenters. The predicted octanol–water partition coefficient (Wildman–Crippen LogP) is -0.245. The minimum absolute atomic E-state index is 0.0324. The summed E-state index contributed by atoms with van der Waals surface area (Å²) in [4.78, 5) is 40.6. The molecule has 0 saturated heterocycles. The van der Waals surface area contributed by atoms with E-state index in [0.717, 1.165) is 17.3 Å². The van der Waals surface area contributed by atoms with Gasteiger partial charge in [-0.05, 0) is 19.1 Å². The van der Waals surface area contributed by atoms with Crippen LogP contribution < -0.4 is 21.7 Å². The number of aliphatic carboxylic acids is 1. The number of amides is 1. The van der Waals surface area contributed by atoms with Crippen LogP contribution in [-0.4, -0.2) is 27.6 Å². The maximum absolute atomic E-state index is 12.1. The number of rotatable bonds is 5. The van der Waals surface area contributed by atoms with E-state index in [2.05, 4.69) is 15.3 Å². The molecule has 0 radical (unpaired) electrons. The van der Waals surface area contributed by atoms with Gasteiger partial charge < -0.3 is 21.0 Å². The van der Waals surface area contributed by atoms with E-state index in [-0.39, 0.29) is 22.4 Å². The van der Waals surface area contributed by atoms with Gasteiger partial charge in [0.15, 0.2) is 11.0 Å². The van der Waals surface area contributed by atoms with Crippen molar-refractivity contribution in [2.45, 2.75) is 12.1 Å². The number of benzene rings is 1. The molecule has 8 nitrogen and oxygen atoms in total. The quantitative estimate of drug-likeness (QED) is 0.506. The molecule has 0 spiro atoms. The van der Waals surface area contributed by atoms with Gasteiger partial charge in [0.1, 0.15) is 5.69 Å². The normalized spacial score (nSPS) is 10.3. The molecule has 1 amide bonds. The van der Waals surface area contributed by atoms with Gasteiger partial charge >= 0.3 is 0 Å². The van der Waals surface area contributed by atoms with E-state index in [4.69, 9.17) is 5.73 Å². The number of hydrogen-bond acceptors (Lipinski definition) is 7. The van der Waals surface area contributed by atoms with Gasteiger partial charge in [-0.3, -0.25) is 14.6 Å². The first-order valence-electron chi connectivity index (χ1n) is 6.47. The molecule has 0 bridgehead atoms. The van der Waals surface area contributed by atoms with Crippen molar-refractivity contribution in [2.24, 2.45) is 0 Å². The van der Waals surface area contributed by atoms with Gasteiger partial charge in [-0.1, -0.05) is 29.5 Å². The van der Waals surface area contributed by atoms with Gasteiger partial charge in [-0.15, -0.1) is 0 Å². The molecular weight excluding hydrogens is 320 g/mol. The largest absolute Gasteiger partial charge is 0.549 e. The summed E-state index contributed by atoms with van der Waals surface area (Å²) < 4.78 is 0. The maximum atomic E-state index is 12.1. The number of anilines is 2. The zero-order valence-corrected chi connectivity index (χ0v) is 12.9. The third-order valence-corrected chi connectivity index (χ3v) is 3.65. The number of aryl methyl sites for hydroxylation is 1. The summed E-state index contributed by atoms with van der Waals surface area (Å²) in [7, 11) is 0. The second kappa shape index (κ2) is 6.97. The number of nitrogen functional groups attached to an aromatic ring is 1. The molecular formula is C14H13N4O4S-. The average molecular weight is 333 g/mol. The molecule has 120 valence electrons. The number of hydrogen-bond donors (Lipinski definition) is 3. The van der Waals surface area contributed by atoms with Crippen molar-refractivity contribution in [3.63, 3.8) is 0 Å². The Balaban J connectivity index is 2.20. The summed E-state index contributed by atoms with van der Waals surface area (Å²) in [5.41, 5.74) is 6.16. The van der Waals surface area contributed by atoms with Crippen LogP contribution >= 0.6 is 11.8 Å². The molecule has 2 rings (SSSR count). The Hall–Kier alpha value is -2.81. The Morgan fingerprint density at radius 1 is 1.35 bits per heavy atom. The van der Waals surface area contributed by atoms with Crippen LogP contribution in [0.2, 0.25) is 0 Å². The van der Waals surface area contributed by atoms with Gasteiger partial charge in [0.2, 0.25) is 0 Å². The minimum Gasteiger partial charge on any atom is -0.549 e. The van der Waals surface area contributed by atoms with Crippen molar-refractivity contribution in [3.8, 4) is 0 Å². The number of carboxylic acids is 1. The lowest BCUT2D eigenvalue weighted by Crippen LogP contribution is -2.25. The highest BCUT2D eigenvalue weighted by Crippen LogP contribution is 2.17. The molecule has 0 fully saturated rings. The molecule has 1 aromatic carbocycles. The first kappa shape index (κ1) is 16.6. The average Bonchev–Trinajstić information content (AvgIpc) is 2.49. The predicted molar refractivity (Wildman–Crippen MR) is 84.1 cm³/mol. The van der Waals surface area contributed by atoms with E-state index in [1.807, 2.05) is 6.92 Å². The van der Waals surface area contributed by atoms with Crippen LogP contribution in [0.25, 0.3) is 0 Å². The first-order valence-corrected chi connectivity index (χ1v) is 7.46. The second-order valence-corrected chi connectivity index (χ2v) is 5.58.